The maximum atomic E-state index is 6.42. The summed E-state index contributed by atoms with van der Waals surface area (Å²) in [6.07, 6.45) is 5.64. The van der Waals surface area contributed by atoms with Crippen molar-refractivity contribution in [3.8, 4) is 0 Å². The fourth-order valence-electron chi connectivity index (χ4n) is 3.00. The van der Waals surface area contributed by atoms with E-state index in [-0.39, 0.29) is 6.04 Å². The molecule has 2 nitrogen and oxygen atoms in total. The topological polar surface area (TPSA) is 29.3 Å². The smallest absolute Gasteiger partial charge is 0.0459 e. The molecule has 2 unspecified atom stereocenters. The van der Waals surface area contributed by atoms with E-state index in [4.69, 9.17) is 17.3 Å². The Balaban J connectivity index is 2.31. The van der Waals surface area contributed by atoms with Crippen molar-refractivity contribution >= 4 is 17.3 Å². The first-order valence-electron chi connectivity index (χ1n) is 7.47. The minimum atomic E-state index is 0.196. The molecule has 2 atom stereocenters. The number of hydrogen-bond acceptors (Lipinski definition) is 2. The third-order valence-electron chi connectivity index (χ3n) is 4.24. The van der Waals surface area contributed by atoms with Gasteiger partial charge in [0.1, 0.15) is 0 Å². The zero-order valence-corrected chi connectivity index (χ0v) is 12.8. The number of nitrogens with zero attached hydrogens (tertiary/aromatic N) is 1. The van der Waals surface area contributed by atoms with Crippen LogP contribution in [-0.4, -0.2) is 18.6 Å². The molecule has 2 rings (SSSR count). The van der Waals surface area contributed by atoms with Crippen LogP contribution in [0.3, 0.4) is 0 Å². The van der Waals surface area contributed by atoms with Crippen LogP contribution in [0.5, 0.6) is 0 Å². The highest BCUT2D eigenvalue weighted by molar-refractivity contribution is 6.31. The lowest BCUT2D eigenvalue weighted by atomic mass is 10.0. The van der Waals surface area contributed by atoms with E-state index in [1.54, 1.807) is 0 Å². The molecular formula is C16H25ClN2. The maximum absolute atomic E-state index is 6.42. The predicted molar refractivity (Wildman–Crippen MR) is 84.1 cm³/mol. The van der Waals surface area contributed by atoms with Crippen molar-refractivity contribution in [2.75, 3.05) is 11.4 Å². The molecule has 3 heteroatoms. The normalized spacial score (nSPS) is 20.8. The van der Waals surface area contributed by atoms with E-state index < -0.39 is 0 Å². The van der Waals surface area contributed by atoms with Crippen LogP contribution in [0.25, 0.3) is 0 Å². The number of hydrogen-bond donors (Lipinski definition) is 1. The molecule has 0 bridgehead atoms. The van der Waals surface area contributed by atoms with Gasteiger partial charge in [-0.3, -0.25) is 0 Å². The van der Waals surface area contributed by atoms with E-state index in [1.165, 1.54) is 30.5 Å². The minimum Gasteiger partial charge on any atom is -0.368 e. The van der Waals surface area contributed by atoms with E-state index in [0.29, 0.717) is 6.04 Å². The summed E-state index contributed by atoms with van der Waals surface area (Å²) in [5, 5.41) is 0.864. The van der Waals surface area contributed by atoms with Crippen molar-refractivity contribution in [1.29, 1.82) is 0 Å². The van der Waals surface area contributed by atoms with Crippen LogP contribution in [0.1, 0.15) is 45.1 Å². The molecule has 1 aromatic rings. The lowest BCUT2D eigenvalue weighted by Crippen LogP contribution is -2.30. The summed E-state index contributed by atoms with van der Waals surface area (Å²) in [5.74, 6) is 0. The van der Waals surface area contributed by atoms with Crippen LogP contribution >= 0.6 is 11.6 Å². The van der Waals surface area contributed by atoms with Gasteiger partial charge in [0, 0.05) is 29.3 Å². The van der Waals surface area contributed by atoms with Crippen molar-refractivity contribution in [2.45, 2.75) is 58.0 Å². The van der Waals surface area contributed by atoms with Gasteiger partial charge < -0.3 is 10.6 Å². The van der Waals surface area contributed by atoms with Gasteiger partial charge in [0.15, 0.2) is 0 Å². The third kappa shape index (κ3) is 3.24. The summed E-state index contributed by atoms with van der Waals surface area (Å²) in [5.41, 5.74) is 8.67. The van der Waals surface area contributed by atoms with E-state index in [2.05, 4.69) is 30.9 Å². The Morgan fingerprint density at radius 1 is 1.42 bits per heavy atom. The molecule has 0 spiro atoms. The Hall–Kier alpha value is -0.730. The van der Waals surface area contributed by atoms with Crippen molar-refractivity contribution < 1.29 is 0 Å². The fourth-order valence-corrected chi connectivity index (χ4v) is 3.25. The molecule has 1 fully saturated rings. The second kappa shape index (κ2) is 6.62. The zero-order chi connectivity index (χ0) is 13.8. The number of anilines is 1. The molecular weight excluding hydrogens is 256 g/mol. The van der Waals surface area contributed by atoms with Gasteiger partial charge in [-0.2, -0.15) is 0 Å². The number of nitrogens with two attached hydrogens (primary N) is 1. The van der Waals surface area contributed by atoms with Gasteiger partial charge >= 0.3 is 0 Å². The second-order valence-corrected chi connectivity index (χ2v) is 5.91. The Morgan fingerprint density at radius 2 is 2.21 bits per heavy atom. The average molecular weight is 281 g/mol. The Kier molecular flexibility index (Phi) is 5.12. The van der Waals surface area contributed by atoms with Crippen molar-refractivity contribution in [3.05, 3.63) is 28.8 Å². The first-order valence-corrected chi connectivity index (χ1v) is 7.84. The molecule has 0 aliphatic carbocycles. The molecule has 1 saturated heterocycles. The van der Waals surface area contributed by atoms with E-state index in [9.17, 15) is 0 Å². The van der Waals surface area contributed by atoms with Gasteiger partial charge in [0.2, 0.25) is 0 Å². The monoisotopic (exact) mass is 280 g/mol. The van der Waals surface area contributed by atoms with Gasteiger partial charge in [-0.15, -0.1) is 0 Å². The standard InChI is InChI=1S/C16H25ClN2/c1-3-12(18)11-14-15(17)8-5-9-16(14)19-10-6-7-13(19)4-2/h5,8-9,12-13H,3-4,6-7,10-11,18H2,1-2H3. The van der Waals surface area contributed by atoms with Crippen LogP contribution in [0.4, 0.5) is 5.69 Å². The summed E-state index contributed by atoms with van der Waals surface area (Å²) < 4.78 is 0. The van der Waals surface area contributed by atoms with E-state index in [1.807, 2.05) is 6.07 Å². The van der Waals surface area contributed by atoms with Gasteiger partial charge in [-0.25, -0.2) is 0 Å². The van der Waals surface area contributed by atoms with E-state index in [0.717, 1.165) is 24.4 Å². The SMILES string of the molecule is CCC(N)Cc1c(Cl)cccc1N1CCCC1CC. The summed E-state index contributed by atoms with van der Waals surface area (Å²) in [4.78, 5) is 2.53. The van der Waals surface area contributed by atoms with Gasteiger partial charge in [0.25, 0.3) is 0 Å². The highest BCUT2D eigenvalue weighted by Crippen LogP contribution is 2.34. The molecule has 1 aliphatic rings. The first kappa shape index (κ1) is 14.7. The lowest BCUT2D eigenvalue weighted by Gasteiger charge is -2.29. The molecule has 19 heavy (non-hydrogen) atoms. The fraction of sp³-hybridized carbons (Fsp3) is 0.625. The maximum Gasteiger partial charge on any atom is 0.0459 e. The molecule has 1 heterocycles. The molecule has 2 N–H and O–H groups in total. The molecule has 0 radical (unpaired) electrons. The summed E-state index contributed by atoms with van der Waals surface area (Å²) in [7, 11) is 0. The summed E-state index contributed by atoms with van der Waals surface area (Å²) >= 11 is 6.42. The number of rotatable bonds is 5. The van der Waals surface area contributed by atoms with Gasteiger partial charge in [0.05, 0.1) is 0 Å². The summed E-state index contributed by atoms with van der Waals surface area (Å²) in [6, 6.07) is 7.11. The largest absolute Gasteiger partial charge is 0.368 e. The van der Waals surface area contributed by atoms with Crippen LogP contribution in [0.15, 0.2) is 18.2 Å². The van der Waals surface area contributed by atoms with Gasteiger partial charge in [-0.1, -0.05) is 31.5 Å². The molecule has 1 aromatic carbocycles. The highest BCUT2D eigenvalue weighted by Gasteiger charge is 2.25. The second-order valence-electron chi connectivity index (χ2n) is 5.51. The molecule has 0 saturated carbocycles. The number of halogens is 1. The Morgan fingerprint density at radius 3 is 2.89 bits per heavy atom. The quantitative estimate of drug-likeness (QED) is 0.883. The Bertz CT molecular complexity index is 419. The average Bonchev–Trinajstić information content (AvgIpc) is 2.89. The third-order valence-corrected chi connectivity index (χ3v) is 4.60. The van der Waals surface area contributed by atoms with Crippen LogP contribution < -0.4 is 10.6 Å². The molecule has 1 aliphatic heterocycles. The van der Waals surface area contributed by atoms with Crippen molar-refractivity contribution in [2.24, 2.45) is 5.73 Å². The predicted octanol–water partition coefficient (Wildman–Crippen LogP) is 4.00. The van der Waals surface area contributed by atoms with Crippen LogP contribution in [0, 0.1) is 0 Å². The first-order chi connectivity index (χ1) is 9.17. The van der Waals surface area contributed by atoms with Crippen molar-refractivity contribution in [1.82, 2.24) is 0 Å². The summed E-state index contributed by atoms with van der Waals surface area (Å²) in [6.45, 7) is 5.55. The van der Waals surface area contributed by atoms with Gasteiger partial charge in [-0.05, 0) is 49.8 Å². The lowest BCUT2D eigenvalue weighted by molar-refractivity contribution is 0.628. The molecule has 106 valence electrons. The highest BCUT2D eigenvalue weighted by atomic mass is 35.5. The molecule has 0 aromatic heterocycles. The Labute approximate surface area is 121 Å². The van der Waals surface area contributed by atoms with Crippen LogP contribution in [-0.2, 0) is 6.42 Å². The van der Waals surface area contributed by atoms with Crippen LogP contribution in [0.2, 0.25) is 5.02 Å². The molecule has 0 amide bonds. The number of benzene rings is 1. The zero-order valence-electron chi connectivity index (χ0n) is 12.0. The van der Waals surface area contributed by atoms with E-state index >= 15 is 0 Å². The van der Waals surface area contributed by atoms with Crippen molar-refractivity contribution in [3.63, 3.8) is 0 Å². The minimum absolute atomic E-state index is 0.196.